The van der Waals surface area contributed by atoms with E-state index in [2.05, 4.69) is 30.9 Å². The van der Waals surface area contributed by atoms with E-state index in [4.69, 9.17) is 4.74 Å². The molecule has 3 aromatic heterocycles. The number of amides is 1. The number of anilines is 3. The lowest BCUT2D eigenvalue weighted by Crippen LogP contribution is -2.16. The summed E-state index contributed by atoms with van der Waals surface area (Å²) in [5, 5.41) is 28.4. The summed E-state index contributed by atoms with van der Waals surface area (Å²) in [6.07, 6.45) is 6.42. The first-order valence-electron chi connectivity index (χ1n) is 10.6. The van der Waals surface area contributed by atoms with Gasteiger partial charge in [-0.25, -0.2) is 14.3 Å². The molecule has 0 atom stereocenters. The number of hydrogen-bond acceptors (Lipinski definition) is 8. The first kappa shape index (κ1) is 22.1. The van der Waals surface area contributed by atoms with Crippen molar-refractivity contribution in [3.8, 4) is 5.75 Å². The molecule has 0 aliphatic rings. The maximum atomic E-state index is 12.4. The highest BCUT2D eigenvalue weighted by Crippen LogP contribution is 2.35. The van der Waals surface area contributed by atoms with Crippen molar-refractivity contribution < 1.29 is 14.6 Å². The van der Waals surface area contributed by atoms with Crippen molar-refractivity contribution in [3.63, 3.8) is 0 Å². The van der Waals surface area contributed by atoms with Crippen molar-refractivity contribution >= 4 is 28.8 Å². The van der Waals surface area contributed by atoms with Crippen molar-refractivity contribution in [1.82, 2.24) is 29.6 Å². The average molecular weight is 451 g/mol. The second-order valence-electron chi connectivity index (χ2n) is 7.88. The molecule has 4 aromatic rings. The van der Waals surface area contributed by atoms with Crippen LogP contribution in [0.15, 0.2) is 43.1 Å². The Morgan fingerprint density at radius 1 is 1.21 bits per heavy atom. The van der Waals surface area contributed by atoms with E-state index in [0.717, 1.165) is 16.6 Å². The molecule has 0 bridgehead atoms. The minimum absolute atomic E-state index is 0.0640. The lowest BCUT2D eigenvalue weighted by Gasteiger charge is -2.13. The van der Waals surface area contributed by atoms with Gasteiger partial charge in [0.1, 0.15) is 17.6 Å². The molecule has 4 rings (SSSR count). The highest BCUT2D eigenvalue weighted by atomic mass is 16.5. The zero-order valence-electron chi connectivity index (χ0n) is 18.7. The predicted octanol–water partition coefficient (Wildman–Crippen LogP) is 3.84. The normalized spacial score (nSPS) is 11.2. The molecule has 0 spiro atoms. The number of fused-ring (bicyclic) bond motifs is 1. The molecule has 11 heteroatoms. The Morgan fingerprint density at radius 2 is 2.00 bits per heavy atom. The van der Waals surface area contributed by atoms with Crippen LogP contribution in [0.3, 0.4) is 0 Å². The molecule has 1 amide bonds. The number of aryl methyl sites for hydroxylation is 2. The summed E-state index contributed by atoms with van der Waals surface area (Å²) in [4.78, 5) is 18.3. The van der Waals surface area contributed by atoms with Gasteiger partial charge in [-0.2, -0.15) is 20.1 Å². The van der Waals surface area contributed by atoms with E-state index >= 15 is 0 Å². The van der Waals surface area contributed by atoms with Crippen molar-refractivity contribution in [2.24, 2.45) is 0 Å². The molecule has 3 N–H and O–H groups in total. The zero-order valence-corrected chi connectivity index (χ0v) is 18.7. The predicted molar refractivity (Wildman–Crippen MR) is 123 cm³/mol. The number of aromatic hydroxyl groups is 1. The van der Waals surface area contributed by atoms with Gasteiger partial charge >= 0.3 is 6.09 Å². The van der Waals surface area contributed by atoms with Crippen LogP contribution in [-0.4, -0.2) is 47.4 Å². The van der Waals surface area contributed by atoms with E-state index in [1.165, 1.54) is 6.33 Å². The summed E-state index contributed by atoms with van der Waals surface area (Å²) in [6.45, 7) is 6.68. The Labute approximate surface area is 190 Å². The molecule has 172 valence electrons. The van der Waals surface area contributed by atoms with Crippen LogP contribution in [0.1, 0.15) is 37.3 Å². The van der Waals surface area contributed by atoms with Crippen molar-refractivity contribution in [2.75, 3.05) is 17.2 Å². The third-order valence-corrected chi connectivity index (χ3v) is 5.10. The maximum Gasteiger partial charge on any atom is 0.411 e. The lowest BCUT2D eigenvalue weighted by atomic mass is 10.0. The van der Waals surface area contributed by atoms with Crippen LogP contribution in [0.25, 0.3) is 5.52 Å². The molecular weight excluding hydrogens is 424 g/mol. The quantitative estimate of drug-likeness (QED) is 0.345. The lowest BCUT2D eigenvalue weighted by molar-refractivity contribution is 0.157. The summed E-state index contributed by atoms with van der Waals surface area (Å²) >= 11 is 0. The molecular formula is C22H26N8O3. The number of benzene rings is 1. The molecule has 0 aliphatic heterocycles. The second kappa shape index (κ2) is 9.55. The largest absolute Gasteiger partial charge is 0.508 e. The third-order valence-electron chi connectivity index (χ3n) is 5.10. The van der Waals surface area contributed by atoms with E-state index < -0.39 is 6.09 Å². The highest BCUT2D eigenvalue weighted by molar-refractivity contribution is 5.91. The number of phenolic OH excluding ortho intramolecular Hbond substituents is 1. The maximum absolute atomic E-state index is 12.4. The van der Waals surface area contributed by atoms with Crippen molar-refractivity contribution in [1.29, 1.82) is 0 Å². The topological polar surface area (TPSA) is 131 Å². The van der Waals surface area contributed by atoms with Gasteiger partial charge in [0.2, 0.25) is 0 Å². The molecule has 0 saturated carbocycles. The first-order valence-corrected chi connectivity index (χ1v) is 10.6. The number of phenols is 1. The Kier molecular flexibility index (Phi) is 6.38. The minimum atomic E-state index is -0.549. The summed E-state index contributed by atoms with van der Waals surface area (Å²) in [6, 6.07) is 5.32. The molecule has 11 nitrogen and oxygen atoms in total. The number of rotatable bonds is 8. The third kappa shape index (κ3) is 5.03. The number of ether oxygens (including phenoxy) is 1. The van der Waals surface area contributed by atoms with Gasteiger partial charge in [-0.3, -0.25) is 5.32 Å². The Bertz CT molecular complexity index is 1250. The van der Waals surface area contributed by atoms with E-state index in [-0.39, 0.29) is 18.3 Å². The fraction of sp³-hybridized carbons (Fsp3) is 0.318. The van der Waals surface area contributed by atoms with Crippen LogP contribution in [0, 0.1) is 6.92 Å². The zero-order chi connectivity index (χ0) is 23.4. The molecule has 0 aliphatic carbocycles. The number of carbonyl (C=O) groups excluding carboxylic acids is 1. The number of nitrogens with zero attached hydrogens (tertiary/aromatic N) is 6. The van der Waals surface area contributed by atoms with E-state index in [0.29, 0.717) is 30.2 Å². The van der Waals surface area contributed by atoms with Crippen LogP contribution < -0.4 is 10.6 Å². The number of carbonyl (C=O) groups is 1. The molecule has 0 fully saturated rings. The second-order valence-corrected chi connectivity index (χ2v) is 7.88. The fourth-order valence-electron chi connectivity index (χ4n) is 3.51. The highest BCUT2D eigenvalue weighted by Gasteiger charge is 2.20. The van der Waals surface area contributed by atoms with Gasteiger partial charge in [0, 0.05) is 23.7 Å². The van der Waals surface area contributed by atoms with Crippen LogP contribution in [0.4, 0.5) is 22.0 Å². The standard InChI is InChI=1S/C22H26N8O3/c1-14(2)19-17(28-22(32)33-10-4-9-30-24-7-8-25-30)12-29-20(19)21(23-13-26-29)27-16-6-5-15(3)18(31)11-16/h5-8,11-14,31H,4,9-10H2,1-3H3,(H,28,32)(H,23,26,27). The van der Waals surface area contributed by atoms with Gasteiger partial charge in [0.05, 0.1) is 37.4 Å². The number of aromatic nitrogens is 6. The molecule has 33 heavy (non-hydrogen) atoms. The smallest absolute Gasteiger partial charge is 0.411 e. The van der Waals surface area contributed by atoms with Gasteiger partial charge in [0.25, 0.3) is 0 Å². The molecule has 0 unspecified atom stereocenters. The summed E-state index contributed by atoms with van der Waals surface area (Å²) in [7, 11) is 0. The molecule has 0 radical (unpaired) electrons. The fourth-order valence-corrected chi connectivity index (χ4v) is 3.51. The molecule has 0 saturated heterocycles. The number of nitrogens with one attached hydrogen (secondary N) is 2. The summed E-state index contributed by atoms with van der Waals surface area (Å²) in [5.74, 6) is 0.817. The SMILES string of the molecule is Cc1ccc(Nc2ncnn3cc(NC(=O)OCCCn4nccn4)c(C(C)C)c23)cc1O. The van der Waals surface area contributed by atoms with Crippen LogP contribution in [0.5, 0.6) is 5.75 Å². The van der Waals surface area contributed by atoms with Crippen LogP contribution >= 0.6 is 0 Å². The van der Waals surface area contributed by atoms with Crippen molar-refractivity contribution in [2.45, 2.75) is 39.7 Å². The number of hydrogen-bond donors (Lipinski definition) is 3. The molecule has 3 heterocycles. The van der Waals surface area contributed by atoms with Gasteiger partial charge in [-0.15, -0.1) is 0 Å². The average Bonchev–Trinajstić information content (AvgIpc) is 3.42. The summed E-state index contributed by atoms with van der Waals surface area (Å²) < 4.78 is 6.98. The van der Waals surface area contributed by atoms with Gasteiger partial charge in [-0.1, -0.05) is 19.9 Å². The van der Waals surface area contributed by atoms with Gasteiger partial charge < -0.3 is 15.2 Å². The summed E-state index contributed by atoms with van der Waals surface area (Å²) in [5.41, 5.74) is 3.67. The van der Waals surface area contributed by atoms with Gasteiger partial charge in [0.15, 0.2) is 5.82 Å². The van der Waals surface area contributed by atoms with Gasteiger partial charge in [-0.05, 0) is 24.5 Å². The first-order chi connectivity index (χ1) is 15.9. The monoisotopic (exact) mass is 450 g/mol. The van der Waals surface area contributed by atoms with E-state index in [1.54, 1.807) is 34.0 Å². The van der Waals surface area contributed by atoms with Crippen LogP contribution in [-0.2, 0) is 11.3 Å². The van der Waals surface area contributed by atoms with E-state index in [9.17, 15) is 9.90 Å². The minimum Gasteiger partial charge on any atom is -0.508 e. The van der Waals surface area contributed by atoms with E-state index in [1.807, 2.05) is 32.9 Å². The van der Waals surface area contributed by atoms with Crippen molar-refractivity contribution in [3.05, 3.63) is 54.2 Å². The van der Waals surface area contributed by atoms with Crippen LogP contribution in [0.2, 0.25) is 0 Å². The Balaban J connectivity index is 1.52. The Morgan fingerprint density at radius 3 is 2.73 bits per heavy atom. The molecule has 1 aromatic carbocycles. The Hall–Kier alpha value is -4.15.